The Balaban J connectivity index is 0.00000176. The molecular weight excluding hydrogens is 408 g/mol. The van der Waals surface area contributed by atoms with E-state index < -0.39 is 34.6 Å². The van der Waals surface area contributed by atoms with Crippen LogP contribution >= 0.6 is 0 Å². The third-order valence-electron chi connectivity index (χ3n) is 4.74. The van der Waals surface area contributed by atoms with Crippen molar-refractivity contribution in [1.29, 1.82) is 0 Å². The van der Waals surface area contributed by atoms with Gasteiger partial charge < -0.3 is 10.2 Å². The fourth-order valence-electron chi connectivity index (χ4n) is 3.05. The topological polar surface area (TPSA) is 109 Å². The number of rotatable bonds is 6. The van der Waals surface area contributed by atoms with Gasteiger partial charge in [-0.1, -0.05) is 73.5 Å². The summed E-state index contributed by atoms with van der Waals surface area (Å²) in [5.74, 6) is -4.13. The highest BCUT2D eigenvalue weighted by atomic mass is 16.4. The number of carboxylic acid groups (broad SMARTS) is 2. The van der Waals surface area contributed by atoms with Crippen molar-refractivity contribution >= 4 is 23.5 Å². The van der Waals surface area contributed by atoms with E-state index in [4.69, 9.17) is 0 Å². The van der Waals surface area contributed by atoms with Crippen LogP contribution in [0.5, 0.6) is 0 Å². The van der Waals surface area contributed by atoms with Gasteiger partial charge in [0.1, 0.15) is 0 Å². The molecule has 0 aliphatic rings. The molecule has 3 aromatic carbocycles. The summed E-state index contributed by atoms with van der Waals surface area (Å²) in [6.07, 6.45) is 0. The van der Waals surface area contributed by atoms with Crippen molar-refractivity contribution in [3.63, 3.8) is 0 Å². The van der Waals surface area contributed by atoms with Crippen LogP contribution in [-0.2, 0) is 0 Å². The smallest absolute Gasteiger partial charge is 0.336 e. The summed E-state index contributed by atoms with van der Waals surface area (Å²) in [6, 6.07) is 15.0. The van der Waals surface area contributed by atoms with Gasteiger partial charge in [-0.15, -0.1) is 0 Å². The summed E-state index contributed by atoms with van der Waals surface area (Å²) in [5.41, 5.74) is 0.873. The van der Waals surface area contributed by atoms with E-state index in [-0.39, 0.29) is 22.3 Å². The molecule has 0 saturated heterocycles. The van der Waals surface area contributed by atoms with E-state index in [0.717, 1.165) is 23.3 Å². The maximum Gasteiger partial charge on any atom is 0.336 e. The SMILES string of the molecule is CC.Cc1ccc(C(=O)c2cc(C(=O)c3ccc(C)cc3)c(C(=O)O)cc2C(=O)O)cc1. The third-order valence-corrected chi connectivity index (χ3v) is 4.74. The molecule has 0 radical (unpaired) electrons. The van der Waals surface area contributed by atoms with Crippen molar-refractivity contribution in [2.24, 2.45) is 0 Å². The fourth-order valence-corrected chi connectivity index (χ4v) is 3.05. The second kappa shape index (κ2) is 10.3. The van der Waals surface area contributed by atoms with Gasteiger partial charge in [0.25, 0.3) is 0 Å². The van der Waals surface area contributed by atoms with Crippen molar-refractivity contribution < 1.29 is 29.4 Å². The number of aromatic carboxylic acids is 2. The standard InChI is InChI=1S/C24H18O6.C2H6/c1-13-3-7-15(8-4-13)21(25)17-11-18(20(24(29)30)12-19(17)23(27)28)22(26)16-9-5-14(2)6-10-16;1-2/h3-12H,1-2H3,(H,27,28)(H,29,30);1-2H3. The summed E-state index contributed by atoms with van der Waals surface area (Å²) in [6.45, 7) is 7.69. The molecule has 0 atom stereocenters. The van der Waals surface area contributed by atoms with Crippen LogP contribution in [-0.4, -0.2) is 33.7 Å². The van der Waals surface area contributed by atoms with E-state index in [1.807, 2.05) is 27.7 Å². The average molecular weight is 432 g/mol. The first-order valence-electron chi connectivity index (χ1n) is 10.1. The minimum atomic E-state index is -1.46. The number of carbonyl (C=O) groups excluding carboxylic acids is 2. The van der Waals surface area contributed by atoms with Crippen molar-refractivity contribution in [3.8, 4) is 0 Å². The van der Waals surface area contributed by atoms with Crippen LogP contribution in [0, 0.1) is 13.8 Å². The Labute approximate surface area is 186 Å². The van der Waals surface area contributed by atoms with Gasteiger partial charge in [-0.25, -0.2) is 9.59 Å². The second-order valence-electron chi connectivity index (χ2n) is 6.94. The van der Waals surface area contributed by atoms with Gasteiger partial charge in [-0.3, -0.25) is 9.59 Å². The zero-order valence-corrected chi connectivity index (χ0v) is 18.3. The lowest BCUT2D eigenvalue weighted by Gasteiger charge is -2.12. The molecule has 6 nitrogen and oxygen atoms in total. The lowest BCUT2D eigenvalue weighted by Crippen LogP contribution is -2.17. The molecule has 0 aliphatic carbocycles. The number of hydrogen-bond donors (Lipinski definition) is 2. The van der Waals surface area contributed by atoms with Gasteiger partial charge in [0, 0.05) is 22.3 Å². The number of hydrogen-bond acceptors (Lipinski definition) is 4. The molecule has 0 fully saturated rings. The van der Waals surface area contributed by atoms with Crippen molar-refractivity contribution in [1.82, 2.24) is 0 Å². The van der Waals surface area contributed by atoms with E-state index in [0.29, 0.717) is 0 Å². The normalized spacial score (nSPS) is 10.0. The van der Waals surface area contributed by atoms with Crippen LogP contribution in [0.2, 0.25) is 0 Å². The number of carbonyl (C=O) groups is 4. The fraction of sp³-hybridized carbons (Fsp3) is 0.154. The molecule has 0 unspecified atom stereocenters. The van der Waals surface area contributed by atoms with E-state index >= 15 is 0 Å². The molecule has 0 bridgehead atoms. The van der Waals surface area contributed by atoms with Crippen molar-refractivity contribution in [2.75, 3.05) is 0 Å². The number of benzene rings is 3. The molecule has 0 aromatic heterocycles. The Morgan fingerprint density at radius 2 is 0.812 bits per heavy atom. The molecule has 0 amide bonds. The largest absolute Gasteiger partial charge is 0.478 e. The zero-order chi connectivity index (χ0) is 24.0. The van der Waals surface area contributed by atoms with Crippen LogP contribution in [0.15, 0.2) is 60.7 Å². The highest BCUT2D eigenvalue weighted by Crippen LogP contribution is 2.24. The first-order chi connectivity index (χ1) is 15.2. The maximum atomic E-state index is 13.0. The van der Waals surface area contributed by atoms with E-state index in [2.05, 4.69) is 0 Å². The third kappa shape index (κ3) is 5.16. The predicted molar refractivity (Wildman–Crippen MR) is 121 cm³/mol. The predicted octanol–water partition coefficient (Wildman–Crippen LogP) is 5.19. The van der Waals surface area contributed by atoms with Crippen LogP contribution in [0.1, 0.15) is 77.5 Å². The van der Waals surface area contributed by atoms with Crippen LogP contribution < -0.4 is 0 Å². The van der Waals surface area contributed by atoms with Crippen LogP contribution in [0.4, 0.5) is 0 Å². The second-order valence-corrected chi connectivity index (χ2v) is 6.94. The molecule has 0 aliphatic heterocycles. The first kappa shape index (κ1) is 24.2. The molecule has 0 saturated carbocycles. The summed E-state index contributed by atoms with van der Waals surface area (Å²) >= 11 is 0. The highest BCUT2D eigenvalue weighted by Gasteiger charge is 2.26. The molecule has 6 heteroatoms. The van der Waals surface area contributed by atoms with Crippen LogP contribution in [0.3, 0.4) is 0 Å². The molecule has 0 spiro atoms. The minimum absolute atomic E-state index is 0.236. The highest BCUT2D eigenvalue weighted by molar-refractivity contribution is 6.19. The minimum Gasteiger partial charge on any atom is -0.478 e. The van der Waals surface area contributed by atoms with Crippen molar-refractivity contribution in [3.05, 3.63) is 105 Å². The number of ketones is 2. The molecule has 164 valence electrons. The quantitative estimate of drug-likeness (QED) is 0.519. The summed E-state index contributed by atoms with van der Waals surface area (Å²) in [7, 11) is 0. The average Bonchev–Trinajstić information content (AvgIpc) is 2.79. The van der Waals surface area contributed by atoms with Gasteiger partial charge in [0.05, 0.1) is 11.1 Å². The number of carboxylic acids is 2. The van der Waals surface area contributed by atoms with Crippen LogP contribution in [0.25, 0.3) is 0 Å². The van der Waals surface area contributed by atoms with Gasteiger partial charge >= 0.3 is 11.9 Å². The van der Waals surface area contributed by atoms with E-state index in [1.165, 1.54) is 0 Å². The van der Waals surface area contributed by atoms with Gasteiger partial charge in [0.2, 0.25) is 0 Å². The van der Waals surface area contributed by atoms with Gasteiger partial charge in [-0.2, -0.15) is 0 Å². The molecule has 2 N–H and O–H groups in total. The lowest BCUT2D eigenvalue weighted by atomic mass is 9.89. The van der Waals surface area contributed by atoms with E-state index in [1.54, 1.807) is 48.5 Å². The Hall–Kier alpha value is -4.06. The van der Waals surface area contributed by atoms with Gasteiger partial charge in [-0.05, 0) is 26.0 Å². The number of aryl methyl sites for hydroxylation is 2. The Morgan fingerprint density at radius 3 is 1.09 bits per heavy atom. The molecule has 32 heavy (non-hydrogen) atoms. The lowest BCUT2D eigenvalue weighted by molar-refractivity contribution is 0.0690. The Morgan fingerprint density at radius 1 is 0.531 bits per heavy atom. The van der Waals surface area contributed by atoms with E-state index in [9.17, 15) is 29.4 Å². The molecule has 3 aromatic rings. The zero-order valence-electron chi connectivity index (χ0n) is 18.3. The monoisotopic (exact) mass is 432 g/mol. The van der Waals surface area contributed by atoms with Crippen molar-refractivity contribution in [2.45, 2.75) is 27.7 Å². The Kier molecular flexibility index (Phi) is 7.80. The molecular formula is C26H24O6. The summed E-state index contributed by atoms with van der Waals surface area (Å²) < 4.78 is 0. The molecule has 0 heterocycles. The molecule has 3 rings (SSSR count). The summed E-state index contributed by atoms with van der Waals surface area (Å²) in [5, 5.41) is 19.1. The summed E-state index contributed by atoms with van der Waals surface area (Å²) in [4.78, 5) is 49.5. The maximum absolute atomic E-state index is 13.0. The Bertz CT molecular complexity index is 1080. The van der Waals surface area contributed by atoms with Gasteiger partial charge in [0.15, 0.2) is 11.6 Å². The first-order valence-corrected chi connectivity index (χ1v) is 10.1.